The maximum Gasteiger partial charge on any atom is 0.0285 e. The van der Waals surface area contributed by atoms with Gasteiger partial charge in [-0.2, -0.15) is 0 Å². The fourth-order valence-electron chi connectivity index (χ4n) is 3.54. The Balaban J connectivity index is 2.00. The number of hydrogen-bond acceptors (Lipinski definition) is 2. The van der Waals surface area contributed by atoms with E-state index < -0.39 is 0 Å². The van der Waals surface area contributed by atoms with Gasteiger partial charge in [-0.1, -0.05) is 20.8 Å². The second-order valence-electron chi connectivity index (χ2n) is 6.58. The molecular formula is C17H28BrNS. The van der Waals surface area contributed by atoms with E-state index in [2.05, 4.69) is 53.5 Å². The molecule has 1 fully saturated rings. The second-order valence-corrected chi connectivity index (χ2v) is 8.49. The standard InChI is InChI=1S/C17H28BrNS/c1-4-19-10-14-6-5-13(12(2)3)7-15(14)8-17-9-16(18)11-20-17/h9,11-15,19H,4-8,10H2,1-3H3. The van der Waals surface area contributed by atoms with Gasteiger partial charge in [-0.25, -0.2) is 0 Å². The Bertz CT molecular complexity index is 401. The molecule has 0 saturated heterocycles. The van der Waals surface area contributed by atoms with Crippen molar-refractivity contribution in [2.24, 2.45) is 23.7 Å². The summed E-state index contributed by atoms with van der Waals surface area (Å²) in [5.41, 5.74) is 0. The normalized spacial score (nSPS) is 27.1. The summed E-state index contributed by atoms with van der Waals surface area (Å²) in [6.07, 6.45) is 5.53. The monoisotopic (exact) mass is 357 g/mol. The van der Waals surface area contributed by atoms with Crippen LogP contribution in [0, 0.1) is 23.7 Å². The topological polar surface area (TPSA) is 12.0 Å². The molecule has 1 nitrogen and oxygen atoms in total. The summed E-state index contributed by atoms with van der Waals surface area (Å²) in [6.45, 7) is 9.31. The number of halogens is 1. The van der Waals surface area contributed by atoms with E-state index in [1.54, 1.807) is 4.88 Å². The molecule has 2 rings (SSSR count). The molecule has 1 saturated carbocycles. The van der Waals surface area contributed by atoms with Crippen LogP contribution in [0.1, 0.15) is 44.9 Å². The van der Waals surface area contributed by atoms with Gasteiger partial charge >= 0.3 is 0 Å². The summed E-state index contributed by atoms with van der Waals surface area (Å²) in [6, 6.07) is 2.31. The van der Waals surface area contributed by atoms with Crippen molar-refractivity contribution < 1.29 is 0 Å². The lowest BCUT2D eigenvalue weighted by Gasteiger charge is -2.38. The van der Waals surface area contributed by atoms with Crippen molar-refractivity contribution in [3.05, 3.63) is 20.8 Å². The Morgan fingerprint density at radius 2 is 2.15 bits per heavy atom. The van der Waals surface area contributed by atoms with Crippen LogP contribution in [0.3, 0.4) is 0 Å². The Labute approximate surface area is 136 Å². The van der Waals surface area contributed by atoms with Gasteiger partial charge in [-0.15, -0.1) is 11.3 Å². The highest BCUT2D eigenvalue weighted by Gasteiger charge is 2.31. The molecule has 0 radical (unpaired) electrons. The fraction of sp³-hybridized carbons (Fsp3) is 0.765. The molecule has 114 valence electrons. The minimum absolute atomic E-state index is 0.840. The van der Waals surface area contributed by atoms with Gasteiger partial charge < -0.3 is 5.32 Å². The first kappa shape index (κ1) is 16.5. The first-order chi connectivity index (χ1) is 9.60. The molecule has 1 heterocycles. The first-order valence-electron chi connectivity index (χ1n) is 8.03. The predicted molar refractivity (Wildman–Crippen MR) is 93.4 cm³/mol. The van der Waals surface area contributed by atoms with Crippen LogP contribution in [0.4, 0.5) is 0 Å². The van der Waals surface area contributed by atoms with Crippen LogP contribution in [0.2, 0.25) is 0 Å². The average Bonchev–Trinajstić information content (AvgIpc) is 2.82. The number of hydrogen-bond donors (Lipinski definition) is 1. The van der Waals surface area contributed by atoms with Crippen LogP contribution < -0.4 is 5.32 Å². The highest BCUT2D eigenvalue weighted by Crippen LogP contribution is 2.39. The van der Waals surface area contributed by atoms with E-state index in [0.717, 1.165) is 30.2 Å². The zero-order valence-corrected chi connectivity index (χ0v) is 15.4. The number of rotatable bonds is 6. The largest absolute Gasteiger partial charge is 0.317 e. The molecule has 0 amide bonds. The molecule has 0 aromatic carbocycles. The third-order valence-corrected chi connectivity index (χ3v) is 6.58. The van der Waals surface area contributed by atoms with Crippen molar-refractivity contribution in [2.45, 2.75) is 46.5 Å². The van der Waals surface area contributed by atoms with E-state index in [9.17, 15) is 0 Å². The third kappa shape index (κ3) is 4.57. The van der Waals surface area contributed by atoms with E-state index in [1.165, 1.54) is 36.7 Å². The van der Waals surface area contributed by atoms with E-state index in [4.69, 9.17) is 0 Å². The molecule has 3 heteroatoms. The average molecular weight is 358 g/mol. The minimum atomic E-state index is 0.840. The van der Waals surface area contributed by atoms with Crippen molar-refractivity contribution >= 4 is 27.3 Å². The van der Waals surface area contributed by atoms with Crippen LogP contribution in [-0.4, -0.2) is 13.1 Å². The van der Waals surface area contributed by atoms with Gasteiger partial charge in [-0.05, 0) is 84.4 Å². The Morgan fingerprint density at radius 3 is 2.75 bits per heavy atom. The molecule has 1 aromatic heterocycles. The molecule has 1 aliphatic carbocycles. The van der Waals surface area contributed by atoms with Gasteiger partial charge in [0.15, 0.2) is 0 Å². The van der Waals surface area contributed by atoms with E-state index in [1.807, 2.05) is 11.3 Å². The summed E-state index contributed by atoms with van der Waals surface area (Å²) in [7, 11) is 0. The van der Waals surface area contributed by atoms with Gasteiger partial charge in [0.25, 0.3) is 0 Å². The van der Waals surface area contributed by atoms with E-state index >= 15 is 0 Å². The Hall–Kier alpha value is 0.140. The van der Waals surface area contributed by atoms with Crippen LogP contribution >= 0.6 is 27.3 Å². The van der Waals surface area contributed by atoms with Gasteiger partial charge in [-0.3, -0.25) is 0 Å². The van der Waals surface area contributed by atoms with Crippen molar-refractivity contribution in [3.63, 3.8) is 0 Å². The predicted octanol–water partition coefficient (Wildman–Crippen LogP) is 5.35. The highest BCUT2D eigenvalue weighted by atomic mass is 79.9. The summed E-state index contributed by atoms with van der Waals surface area (Å²) in [5, 5.41) is 5.80. The smallest absolute Gasteiger partial charge is 0.0285 e. The molecule has 0 aliphatic heterocycles. The highest BCUT2D eigenvalue weighted by molar-refractivity contribution is 9.10. The maximum atomic E-state index is 3.59. The maximum absolute atomic E-state index is 3.59. The third-order valence-electron chi connectivity index (χ3n) is 4.86. The lowest BCUT2D eigenvalue weighted by atomic mass is 9.69. The molecule has 1 aromatic rings. The number of nitrogens with one attached hydrogen (secondary N) is 1. The molecular weight excluding hydrogens is 330 g/mol. The van der Waals surface area contributed by atoms with E-state index in [-0.39, 0.29) is 0 Å². The Morgan fingerprint density at radius 1 is 1.35 bits per heavy atom. The van der Waals surface area contributed by atoms with Crippen LogP contribution in [0.25, 0.3) is 0 Å². The van der Waals surface area contributed by atoms with Crippen molar-refractivity contribution in [1.82, 2.24) is 5.32 Å². The zero-order chi connectivity index (χ0) is 14.5. The lowest BCUT2D eigenvalue weighted by Crippen LogP contribution is -2.35. The summed E-state index contributed by atoms with van der Waals surface area (Å²) >= 11 is 5.50. The van der Waals surface area contributed by atoms with Gasteiger partial charge in [0.2, 0.25) is 0 Å². The minimum Gasteiger partial charge on any atom is -0.317 e. The number of thiophene rings is 1. The van der Waals surface area contributed by atoms with Crippen LogP contribution in [0.15, 0.2) is 15.9 Å². The Kier molecular flexibility index (Phi) is 6.57. The fourth-order valence-corrected chi connectivity index (χ4v) is 5.08. The SMILES string of the molecule is CCNCC1CCC(C(C)C)CC1Cc1cc(Br)cs1. The van der Waals surface area contributed by atoms with Crippen LogP contribution in [-0.2, 0) is 6.42 Å². The molecule has 0 spiro atoms. The van der Waals surface area contributed by atoms with Gasteiger partial charge in [0.05, 0.1) is 0 Å². The summed E-state index contributed by atoms with van der Waals surface area (Å²) in [4.78, 5) is 1.55. The first-order valence-corrected chi connectivity index (χ1v) is 9.71. The molecule has 20 heavy (non-hydrogen) atoms. The summed E-state index contributed by atoms with van der Waals surface area (Å²) < 4.78 is 1.25. The van der Waals surface area contributed by atoms with Gasteiger partial charge in [0.1, 0.15) is 0 Å². The van der Waals surface area contributed by atoms with E-state index in [0.29, 0.717) is 0 Å². The van der Waals surface area contributed by atoms with Crippen molar-refractivity contribution in [2.75, 3.05) is 13.1 Å². The molecule has 1 N–H and O–H groups in total. The van der Waals surface area contributed by atoms with Crippen molar-refractivity contribution in [3.8, 4) is 0 Å². The molecule has 3 unspecified atom stereocenters. The second kappa shape index (κ2) is 7.95. The quantitative estimate of drug-likeness (QED) is 0.723. The lowest BCUT2D eigenvalue weighted by molar-refractivity contribution is 0.145. The van der Waals surface area contributed by atoms with Gasteiger partial charge in [0, 0.05) is 14.7 Å². The molecule has 1 aliphatic rings. The van der Waals surface area contributed by atoms with Crippen LogP contribution in [0.5, 0.6) is 0 Å². The zero-order valence-electron chi connectivity index (χ0n) is 13.0. The van der Waals surface area contributed by atoms with Crippen molar-refractivity contribution in [1.29, 1.82) is 0 Å². The molecule has 3 atom stereocenters. The summed E-state index contributed by atoms with van der Waals surface area (Å²) in [5.74, 6) is 3.50. The molecule has 0 bridgehead atoms.